The van der Waals surface area contributed by atoms with E-state index in [9.17, 15) is 9.59 Å². The molecule has 6 nitrogen and oxygen atoms in total. The minimum Gasteiger partial charge on any atom is -0.483 e. The van der Waals surface area contributed by atoms with Crippen LogP contribution in [0, 0.1) is 11.8 Å². The fourth-order valence-corrected chi connectivity index (χ4v) is 3.51. The summed E-state index contributed by atoms with van der Waals surface area (Å²) >= 11 is 0. The Bertz CT molecular complexity index is 624. The van der Waals surface area contributed by atoms with Crippen molar-refractivity contribution in [3.8, 4) is 5.75 Å². The van der Waals surface area contributed by atoms with E-state index in [0.29, 0.717) is 12.3 Å². The van der Waals surface area contributed by atoms with E-state index < -0.39 is 0 Å². The number of carbonyl (C=O) groups is 2. The smallest absolute Gasteiger partial charge is 0.259 e. The highest BCUT2D eigenvalue weighted by Gasteiger charge is 2.33. The molecule has 7 heteroatoms. The lowest BCUT2D eigenvalue weighted by Gasteiger charge is -2.24. The fraction of sp³-hybridized carbons (Fsp3) is 0.600. The molecule has 0 spiro atoms. The highest BCUT2D eigenvalue weighted by atomic mass is 35.5. The number of halogens is 1. The second-order valence-electron chi connectivity index (χ2n) is 7.12. The molecule has 1 aromatic rings. The highest BCUT2D eigenvalue weighted by Crippen LogP contribution is 2.33. The topological polar surface area (TPSA) is 84.7 Å². The van der Waals surface area contributed by atoms with Crippen LogP contribution < -0.4 is 15.8 Å². The number of rotatable bonds is 8. The monoisotopic (exact) mass is 397 g/mol. The van der Waals surface area contributed by atoms with Gasteiger partial charge >= 0.3 is 0 Å². The predicted octanol–water partition coefficient (Wildman–Crippen LogP) is 2.52. The maximum Gasteiger partial charge on any atom is 0.259 e. The van der Waals surface area contributed by atoms with Gasteiger partial charge in [0, 0.05) is 25.6 Å². The lowest BCUT2D eigenvalue weighted by Crippen LogP contribution is -2.37. The number of benzene rings is 1. The molecule has 3 atom stereocenters. The Morgan fingerprint density at radius 1 is 1.30 bits per heavy atom. The minimum absolute atomic E-state index is 0. The molecule has 27 heavy (non-hydrogen) atoms. The van der Waals surface area contributed by atoms with Gasteiger partial charge in [0.15, 0.2) is 6.61 Å². The molecule has 152 valence electrons. The Labute approximate surface area is 168 Å². The Hall–Kier alpha value is -1.79. The van der Waals surface area contributed by atoms with Gasteiger partial charge in [0.05, 0.1) is 6.04 Å². The van der Waals surface area contributed by atoms with E-state index in [4.69, 9.17) is 10.5 Å². The SMILES string of the molecule is CCC(NC(=O)[C@@H]1CCC[C@@H]1CN)c1ccccc1OCC(=O)N(C)C.Cl. The van der Waals surface area contributed by atoms with Gasteiger partial charge in [0.2, 0.25) is 5.91 Å². The highest BCUT2D eigenvalue weighted by molar-refractivity contribution is 5.85. The number of nitrogens with zero attached hydrogens (tertiary/aromatic N) is 1. The standard InChI is InChI=1S/C20H31N3O3.ClH/c1-4-17(22-20(25)15-10-7-8-14(15)12-21)16-9-5-6-11-18(16)26-13-19(24)23(2)3;/h5-6,9,11,14-15,17H,4,7-8,10,12-13,21H2,1-3H3,(H,22,25);1H/t14-,15-,17?;/m1./s1. The lowest BCUT2D eigenvalue weighted by molar-refractivity contribution is -0.131. The van der Waals surface area contributed by atoms with Gasteiger partial charge in [-0.05, 0) is 37.8 Å². The zero-order valence-electron chi connectivity index (χ0n) is 16.4. The molecule has 1 aromatic carbocycles. The molecule has 0 aliphatic heterocycles. The maximum absolute atomic E-state index is 12.8. The first-order valence-corrected chi connectivity index (χ1v) is 9.40. The van der Waals surface area contributed by atoms with Crippen LogP contribution in [0.5, 0.6) is 5.75 Å². The quantitative estimate of drug-likeness (QED) is 0.705. The first kappa shape index (κ1) is 23.2. The number of amides is 2. The van der Waals surface area contributed by atoms with Crippen molar-refractivity contribution in [1.29, 1.82) is 0 Å². The van der Waals surface area contributed by atoms with E-state index >= 15 is 0 Å². The third kappa shape index (κ3) is 6.11. The van der Waals surface area contributed by atoms with E-state index in [2.05, 4.69) is 5.32 Å². The number of nitrogens with two attached hydrogens (primary N) is 1. The normalized spacial score (nSPS) is 19.7. The van der Waals surface area contributed by atoms with Crippen molar-refractivity contribution in [3.63, 3.8) is 0 Å². The zero-order valence-corrected chi connectivity index (χ0v) is 17.3. The number of hydrogen-bond donors (Lipinski definition) is 2. The molecule has 0 radical (unpaired) electrons. The van der Waals surface area contributed by atoms with Crippen molar-refractivity contribution >= 4 is 24.2 Å². The van der Waals surface area contributed by atoms with E-state index in [-0.39, 0.29) is 48.7 Å². The summed E-state index contributed by atoms with van der Waals surface area (Å²) in [5.41, 5.74) is 6.72. The minimum atomic E-state index is -0.146. The second kappa shape index (κ2) is 11.1. The van der Waals surface area contributed by atoms with E-state index in [1.54, 1.807) is 14.1 Å². The van der Waals surface area contributed by atoms with Crippen LogP contribution in [0.15, 0.2) is 24.3 Å². The molecule has 1 aliphatic rings. The average molecular weight is 398 g/mol. The summed E-state index contributed by atoms with van der Waals surface area (Å²) in [7, 11) is 3.39. The van der Waals surface area contributed by atoms with Crippen molar-refractivity contribution in [2.24, 2.45) is 17.6 Å². The largest absolute Gasteiger partial charge is 0.483 e. The molecule has 0 heterocycles. The summed E-state index contributed by atoms with van der Waals surface area (Å²) in [6.07, 6.45) is 3.73. The molecular formula is C20H32ClN3O3. The summed E-state index contributed by atoms with van der Waals surface area (Å²) in [6.45, 7) is 2.56. The van der Waals surface area contributed by atoms with Gasteiger partial charge in [-0.2, -0.15) is 0 Å². The third-order valence-electron chi connectivity index (χ3n) is 5.17. The fourth-order valence-electron chi connectivity index (χ4n) is 3.51. The first-order chi connectivity index (χ1) is 12.5. The lowest BCUT2D eigenvalue weighted by atomic mass is 9.94. The molecule has 1 saturated carbocycles. The molecule has 0 aromatic heterocycles. The molecule has 2 rings (SSSR count). The Morgan fingerprint density at radius 2 is 2.00 bits per heavy atom. The van der Waals surface area contributed by atoms with Crippen LogP contribution in [-0.4, -0.2) is 44.0 Å². The van der Waals surface area contributed by atoms with Gasteiger partial charge in [-0.3, -0.25) is 9.59 Å². The Morgan fingerprint density at radius 3 is 2.63 bits per heavy atom. The van der Waals surface area contributed by atoms with Gasteiger partial charge < -0.3 is 20.7 Å². The van der Waals surface area contributed by atoms with Crippen LogP contribution in [0.1, 0.15) is 44.2 Å². The van der Waals surface area contributed by atoms with Crippen LogP contribution in [0.25, 0.3) is 0 Å². The number of likely N-dealkylation sites (N-methyl/N-ethyl adjacent to an activating group) is 1. The molecule has 2 amide bonds. The molecule has 3 N–H and O–H groups in total. The van der Waals surface area contributed by atoms with Crippen LogP contribution in [-0.2, 0) is 9.59 Å². The number of para-hydroxylation sites is 1. The maximum atomic E-state index is 12.8. The number of carbonyl (C=O) groups excluding carboxylic acids is 2. The molecule has 1 unspecified atom stereocenters. The molecule has 1 fully saturated rings. The Kier molecular flexibility index (Phi) is 9.60. The van der Waals surface area contributed by atoms with Gasteiger partial charge in [-0.25, -0.2) is 0 Å². The van der Waals surface area contributed by atoms with Gasteiger partial charge in [-0.1, -0.05) is 31.5 Å². The molecular weight excluding hydrogens is 366 g/mol. The summed E-state index contributed by atoms with van der Waals surface area (Å²) in [6, 6.07) is 7.43. The summed E-state index contributed by atoms with van der Waals surface area (Å²) in [5.74, 6) is 0.878. The van der Waals surface area contributed by atoms with Crippen molar-refractivity contribution in [3.05, 3.63) is 29.8 Å². The average Bonchev–Trinajstić information content (AvgIpc) is 3.13. The molecule has 0 saturated heterocycles. The van der Waals surface area contributed by atoms with Gasteiger partial charge in [0.25, 0.3) is 5.91 Å². The van der Waals surface area contributed by atoms with E-state index in [1.807, 2.05) is 31.2 Å². The second-order valence-corrected chi connectivity index (χ2v) is 7.12. The van der Waals surface area contributed by atoms with E-state index in [1.165, 1.54) is 4.90 Å². The summed E-state index contributed by atoms with van der Waals surface area (Å²) < 4.78 is 5.73. The zero-order chi connectivity index (χ0) is 19.1. The van der Waals surface area contributed by atoms with Gasteiger partial charge in [0.1, 0.15) is 5.75 Å². The van der Waals surface area contributed by atoms with Crippen LogP contribution in [0.4, 0.5) is 0 Å². The number of hydrogen-bond acceptors (Lipinski definition) is 4. The van der Waals surface area contributed by atoms with Gasteiger partial charge in [-0.15, -0.1) is 12.4 Å². The molecule has 0 bridgehead atoms. The van der Waals surface area contributed by atoms with Crippen LogP contribution in [0.2, 0.25) is 0 Å². The Balaban J connectivity index is 0.00000364. The van der Waals surface area contributed by atoms with Crippen molar-refractivity contribution in [2.75, 3.05) is 27.2 Å². The molecule has 1 aliphatic carbocycles. The van der Waals surface area contributed by atoms with Crippen molar-refractivity contribution < 1.29 is 14.3 Å². The summed E-state index contributed by atoms with van der Waals surface area (Å²) in [5, 5.41) is 3.17. The van der Waals surface area contributed by atoms with E-state index in [0.717, 1.165) is 31.2 Å². The number of nitrogens with one attached hydrogen (secondary N) is 1. The van der Waals surface area contributed by atoms with Crippen LogP contribution in [0.3, 0.4) is 0 Å². The number of ether oxygens (including phenoxy) is 1. The summed E-state index contributed by atoms with van der Waals surface area (Å²) in [4.78, 5) is 26.1. The third-order valence-corrected chi connectivity index (χ3v) is 5.17. The van der Waals surface area contributed by atoms with Crippen LogP contribution >= 0.6 is 12.4 Å². The van der Waals surface area contributed by atoms with Crippen molar-refractivity contribution in [1.82, 2.24) is 10.2 Å². The van der Waals surface area contributed by atoms with Crippen molar-refractivity contribution in [2.45, 2.75) is 38.6 Å². The first-order valence-electron chi connectivity index (χ1n) is 9.40. The predicted molar refractivity (Wildman–Crippen MR) is 109 cm³/mol.